The Hall–Kier alpha value is -2.69. The fourth-order valence-electron chi connectivity index (χ4n) is 3.63. The molecule has 8 nitrogen and oxygen atoms in total. The van der Waals surface area contributed by atoms with Gasteiger partial charge in [-0.1, -0.05) is 12.1 Å². The summed E-state index contributed by atoms with van der Waals surface area (Å²) < 4.78 is 42.6. The molecule has 32 heavy (non-hydrogen) atoms. The van der Waals surface area contributed by atoms with Crippen LogP contribution in [0.4, 0.5) is 5.13 Å². The Bertz CT molecular complexity index is 1150. The van der Waals surface area contributed by atoms with Crippen molar-refractivity contribution in [2.24, 2.45) is 0 Å². The van der Waals surface area contributed by atoms with Crippen molar-refractivity contribution in [1.82, 2.24) is 13.7 Å². The van der Waals surface area contributed by atoms with Gasteiger partial charge in [0.25, 0.3) is 0 Å². The first-order valence-electron chi connectivity index (χ1n) is 10.3. The van der Waals surface area contributed by atoms with Crippen LogP contribution in [0.5, 0.6) is 11.5 Å². The summed E-state index contributed by atoms with van der Waals surface area (Å²) in [4.78, 5) is 7.10. The molecule has 0 bridgehead atoms. The summed E-state index contributed by atoms with van der Waals surface area (Å²) in [6.07, 6.45) is 1.35. The first kappa shape index (κ1) is 22.5. The maximum Gasteiger partial charge on any atom is 0.243 e. The molecule has 0 aliphatic carbocycles. The van der Waals surface area contributed by atoms with Gasteiger partial charge in [0.05, 0.1) is 19.1 Å². The lowest BCUT2D eigenvalue weighted by Gasteiger charge is -2.21. The van der Waals surface area contributed by atoms with Crippen molar-refractivity contribution >= 4 is 26.7 Å². The third kappa shape index (κ3) is 5.03. The number of nitrogens with zero attached hydrogens (tertiary/aromatic N) is 4. The van der Waals surface area contributed by atoms with Gasteiger partial charge in [-0.05, 0) is 48.4 Å². The zero-order valence-corrected chi connectivity index (χ0v) is 19.7. The van der Waals surface area contributed by atoms with E-state index < -0.39 is 10.0 Å². The number of sulfonamides is 1. The average Bonchev–Trinajstić information content (AvgIpc) is 3.12. The molecule has 170 valence electrons. The Morgan fingerprint density at radius 3 is 2.50 bits per heavy atom. The van der Waals surface area contributed by atoms with E-state index in [9.17, 15) is 8.42 Å². The molecule has 2 heterocycles. The summed E-state index contributed by atoms with van der Waals surface area (Å²) in [6, 6.07) is 14.4. The number of benzene rings is 2. The molecule has 0 radical (unpaired) electrons. The molecule has 4 rings (SSSR count). The third-order valence-electron chi connectivity index (χ3n) is 5.38. The van der Waals surface area contributed by atoms with Crippen LogP contribution >= 0.6 is 11.5 Å². The van der Waals surface area contributed by atoms with E-state index in [2.05, 4.69) is 9.27 Å². The minimum absolute atomic E-state index is 0.281. The molecule has 1 aromatic heterocycles. The second kappa shape index (κ2) is 9.85. The highest BCUT2D eigenvalue weighted by molar-refractivity contribution is 7.89. The smallest absolute Gasteiger partial charge is 0.243 e. The second-order valence-electron chi connectivity index (χ2n) is 7.44. The summed E-state index contributed by atoms with van der Waals surface area (Å²) in [5, 5.41) is 0.826. The number of aromatic nitrogens is 2. The molecule has 0 unspecified atom stereocenters. The van der Waals surface area contributed by atoms with Gasteiger partial charge in [-0.25, -0.2) is 13.4 Å². The average molecular weight is 475 g/mol. The van der Waals surface area contributed by atoms with Crippen molar-refractivity contribution < 1.29 is 17.9 Å². The van der Waals surface area contributed by atoms with Crippen LogP contribution in [0.2, 0.25) is 0 Å². The summed E-state index contributed by atoms with van der Waals surface area (Å²) in [6.45, 7) is 2.19. The fraction of sp³-hybridized carbons (Fsp3) is 0.364. The molecule has 0 saturated carbocycles. The molecule has 3 aromatic rings. The zero-order valence-electron chi connectivity index (χ0n) is 18.1. The maximum absolute atomic E-state index is 13.1. The van der Waals surface area contributed by atoms with Crippen LogP contribution in [0.1, 0.15) is 17.8 Å². The van der Waals surface area contributed by atoms with Crippen molar-refractivity contribution in [3.05, 3.63) is 59.9 Å². The SMILES string of the molecule is COc1ccc(S(=O)(=O)N2CCCN(c3nc(Cc4cccc(OC)c4)ns3)CC2)cc1. The van der Waals surface area contributed by atoms with Crippen LogP contribution in [-0.4, -0.2) is 62.5 Å². The van der Waals surface area contributed by atoms with Gasteiger partial charge in [-0.3, -0.25) is 0 Å². The Morgan fingerprint density at radius 2 is 1.75 bits per heavy atom. The van der Waals surface area contributed by atoms with Crippen LogP contribution < -0.4 is 14.4 Å². The number of rotatable bonds is 7. The van der Waals surface area contributed by atoms with Gasteiger partial charge in [-0.2, -0.15) is 8.68 Å². The first-order chi connectivity index (χ1) is 15.5. The summed E-state index contributed by atoms with van der Waals surface area (Å²) in [5.74, 6) is 2.20. The molecule has 1 fully saturated rings. The molecule has 0 amide bonds. The molecular formula is C22H26N4O4S2. The zero-order chi connectivity index (χ0) is 22.6. The molecule has 0 atom stereocenters. The molecule has 1 aliphatic heterocycles. The van der Waals surface area contributed by atoms with Crippen molar-refractivity contribution in [3.8, 4) is 11.5 Å². The van der Waals surface area contributed by atoms with Crippen LogP contribution in [0, 0.1) is 0 Å². The maximum atomic E-state index is 13.1. The molecule has 0 spiro atoms. The molecule has 1 saturated heterocycles. The second-order valence-corrected chi connectivity index (χ2v) is 10.1. The Morgan fingerprint density at radius 1 is 0.969 bits per heavy atom. The molecule has 1 aliphatic rings. The largest absolute Gasteiger partial charge is 0.497 e. The van der Waals surface area contributed by atoms with Gasteiger partial charge in [0.2, 0.25) is 15.2 Å². The van der Waals surface area contributed by atoms with Crippen LogP contribution in [0.15, 0.2) is 53.4 Å². The molecule has 2 aromatic carbocycles. The van der Waals surface area contributed by atoms with Gasteiger partial charge < -0.3 is 14.4 Å². The Labute approximate surface area is 192 Å². The highest BCUT2D eigenvalue weighted by Crippen LogP contribution is 2.24. The molecule has 0 N–H and O–H groups in total. The van der Waals surface area contributed by atoms with Crippen molar-refractivity contribution in [3.63, 3.8) is 0 Å². The number of methoxy groups -OCH3 is 2. The van der Waals surface area contributed by atoms with Crippen LogP contribution in [0.25, 0.3) is 0 Å². The van der Waals surface area contributed by atoms with E-state index in [0.29, 0.717) is 31.8 Å². The quantitative estimate of drug-likeness (QED) is 0.520. The summed E-state index contributed by atoms with van der Waals surface area (Å²) in [7, 11) is -0.345. The Balaban J connectivity index is 1.42. The highest BCUT2D eigenvalue weighted by atomic mass is 32.2. The lowest BCUT2D eigenvalue weighted by Crippen LogP contribution is -2.35. The number of anilines is 1. The molecule has 10 heteroatoms. The lowest BCUT2D eigenvalue weighted by molar-refractivity contribution is 0.413. The van der Waals surface area contributed by atoms with E-state index in [1.165, 1.54) is 11.5 Å². The van der Waals surface area contributed by atoms with E-state index in [1.807, 2.05) is 24.3 Å². The lowest BCUT2D eigenvalue weighted by atomic mass is 10.1. The van der Waals surface area contributed by atoms with E-state index >= 15 is 0 Å². The van der Waals surface area contributed by atoms with E-state index in [1.54, 1.807) is 42.8 Å². The fourth-order valence-corrected chi connectivity index (χ4v) is 5.84. The standard InChI is InChI=1S/C22H26N4O4S2/c1-29-18-7-9-20(10-8-18)32(27,28)26-12-4-11-25(13-14-26)22-23-21(24-31-22)16-17-5-3-6-19(15-17)30-2/h3,5-10,15H,4,11-14,16H2,1-2H3. The normalized spacial score (nSPS) is 15.4. The van der Waals surface area contributed by atoms with Gasteiger partial charge in [0.15, 0.2) is 0 Å². The summed E-state index contributed by atoms with van der Waals surface area (Å²) >= 11 is 1.36. The highest BCUT2D eigenvalue weighted by Gasteiger charge is 2.28. The number of hydrogen-bond acceptors (Lipinski definition) is 8. The number of hydrogen-bond donors (Lipinski definition) is 0. The van der Waals surface area contributed by atoms with Crippen molar-refractivity contribution in [1.29, 1.82) is 0 Å². The van der Waals surface area contributed by atoms with Gasteiger partial charge in [0.1, 0.15) is 17.3 Å². The third-order valence-corrected chi connectivity index (χ3v) is 8.10. The van der Waals surface area contributed by atoms with Gasteiger partial charge in [-0.15, -0.1) is 0 Å². The number of ether oxygens (including phenoxy) is 2. The van der Waals surface area contributed by atoms with Crippen molar-refractivity contribution in [2.45, 2.75) is 17.7 Å². The monoisotopic (exact) mass is 474 g/mol. The van der Waals surface area contributed by atoms with E-state index in [-0.39, 0.29) is 4.90 Å². The summed E-state index contributed by atoms with van der Waals surface area (Å²) in [5.41, 5.74) is 1.08. The topological polar surface area (TPSA) is 84.9 Å². The van der Waals surface area contributed by atoms with Crippen LogP contribution in [0.3, 0.4) is 0 Å². The first-order valence-corrected chi connectivity index (χ1v) is 12.6. The Kier molecular flexibility index (Phi) is 6.92. The molecular weight excluding hydrogens is 448 g/mol. The minimum atomic E-state index is -3.55. The van der Waals surface area contributed by atoms with E-state index in [0.717, 1.165) is 35.2 Å². The van der Waals surface area contributed by atoms with Gasteiger partial charge >= 0.3 is 0 Å². The van der Waals surface area contributed by atoms with Crippen LogP contribution in [-0.2, 0) is 16.4 Å². The van der Waals surface area contributed by atoms with Crippen molar-refractivity contribution in [2.75, 3.05) is 45.3 Å². The predicted molar refractivity (Wildman–Crippen MR) is 124 cm³/mol. The van der Waals surface area contributed by atoms with Gasteiger partial charge in [0, 0.05) is 44.1 Å². The predicted octanol–water partition coefficient (Wildman–Crippen LogP) is 3.05. The minimum Gasteiger partial charge on any atom is -0.497 e. The van der Waals surface area contributed by atoms with E-state index in [4.69, 9.17) is 14.5 Å².